The molecule has 1 aliphatic heterocycles. The van der Waals surface area contributed by atoms with Crippen molar-refractivity contribution in [1.82, 2.24) is 0 Å². The minimum Gasteiger partial charge on any atom is -0.457 e. The van der Waals surface area contributed by atoms with Gasteiger partial charge in [-0.1, -0.05) is 29.8 Å². The van der Waals surface area contributed by atoms with Crippen LogP contribution in [0.5, 0.6) is 0 Å². The molecule has 0 radical (unpaired) electrons. The van der Waals surface area contributed by atoms with Crippen molar-refractivity contribution in [2.24, 2.45) is 0 Å². The molecule has 2 amide bonds. The van der Waals surface area contributed by atoms with Gasteiger partial charge in [-0.05, 0) is 36.8 Å². The van der Waals surface area contributed by atoms with E-state index >= 15 is 0 Å². The van der Waals surface area contributed by atoms with Gasteiger partial charge in [-0.2, -0.15) is 0 Å². The van der Waals surface area contributed by atoms with Crippen molar-refractivity contribution in [2.45, 2.75) is 26.4 Å². The second-order valence-corrected chi connectivity index (χ2v) is 5.73. The van der Waals surface area contributed by atoms with Gasteiger partial charge < -0.3 is 4.74 Å². The van der Waals surface area contributed by atoms with E-state index in [1.165, 1.54) is 0 Å². The Morgan fingerprint density at radius 1 is 0.958 bits per heavy atom. The molecule has 2 aromatic carbocycles. The van der Waals surface area contributed by atoms with E-state index in [1.54, 1.807) is 24.3 Å². The van der Waals surface area contributed by atoms with Crippen LogP contribution in [0.15, 0.2) is 48.5 Å². The van der Waals surface area contributed by atoms with Gasteiger partial charge in [0.25, 0.3) is 0 Å². The molecule has 5 heteroatoms. The average molecular weight is 323 g/mol. The summed E-state index contributed by atoms with van der Waals surface area (Å²) >= 11 is 0. The zero-order valence-corrected chi connectivity index (χ0v) is 13.3. The van der Waals surface area contributed by atoms with Gasteiger partial charge in [0.15, 0.2) is 0 Å². The Bertz CT molecular complexity index is 762. The molecule has 1 fully saturated rings. The van der Waals surface area contributed by atoms with Crippen molar-refractivity contribution in [3.63, 3.8) is 0 Å². The predicted molar refractivity (Wildman–Crippen MR) is 88.5 cm³/mol. The first-order valence-corrected chi connectivity index (χ1v) is 7.73. The van der Waals surface area contributed by atoms with Gasteiger partial charge in [0.1, 0.15) is 6.61 Å². The van der Waals surface area contributed by atoms with Crippen molar-refractivity contribution in [1.29, 1.82) is 0 Å². The van der Waals surface area contributed by atoms with E-state index in [1.807, 2.05) is 31.2 Å². The van der Waals surface area contributed by atoms with E-state index in [0.29, 0.717) is 11.3 Å². The number of esters is 1. The third-order valence-corrected chi connectivity index (χ3v) is 3.90. The van der Waals surface area contributed by atoms with Gasteiger partial charge in [-0.25, -0.2) is 4.79 Å². The highest BCUT2D eigenvalue weighted by Gasteiger charge is 2.30. The number of amides is 2. The van der Waals surface area contributed by atoms with Crippen LogP contribution in [0.2, 0.25) is 0 Å². The zero-order chi connectivity index (χ0) is 17.1. The normalized spacial score (nSPS) is 14.1. The highest BCUT2D eigenvalue weighted by molar-refractivity contribution is 6.19. The van der Waals surface area contributed by atoms with Crippen molar-refractivity contribution in [2.75, 3.05) is 4.90 Å². The smallest absolute Gasteiger partial charge is 0.338 e. The molecule has 0 aromatic heterocycles. The van der Waals surface area contributed by atoms with E-state index < -0.39 is 5.97 Å². The standard InChI is InChI=1S/C19H17NO4/c1-13-2-4-14(5-3-13)12-24-19(23)15-6-8-16(9-7-15)20-17(21)10-11-18(20)22/h2-9H,10-12H2,1H3. The minimum atomic E-state index is -0.443. The zero-order valence-electron chi connectivity index (χ0n) is 13.3. The highest BCUT2D eigenvalue weighted by atomic mass is 16.5. The third kappa shape index (κ3) is 3.35. The van der Waals surface area contributed by atoms with Crippen LogP contribution in [0.25, 0.3) is 0 Å². The van der Waals surface area contributed by atoms with E-state index in [4.69, 9.17) is 4.74 Å². The van der Waals surface area contributed by atoms with Crippen molar-refractivity contribution >= 4 is 23.5 Å². The fourth-order valence-electron chi connectivity index (χ4n) is 2.53. The molecule has 0 spiro atoms. The topological polar surface area (TPSA) is 63.7 Å². The van der Waals surface area contributed by atoms with E-state index in [0.717, 1.165) is 16.0 Å². The quantitative estimate of drug-likeness (QED) is 0.641. The lowest BCUT2D eigenvalue weighted by Gasteiger charge is -2.14. The molecule has 0 bridgehead atoms. The fourth-order valence-corrected chi connectivity index (χ4v) is 2.53. The van der Waals surface area contributed by atoms with Gasteiger partial charge in [-0.15, -0.1) is 0 Å². The summed E-state index contributed by atoms with van der Waals surface area (Å²) in [5.41, 5.74) is 2.92. The summed E-state index contributed by atoms with van der Waals surface area (Å²) in [4.78, 5) is 36.6. The molecule has 1 aliphatic rings. The lowest BCUT2D eigenvalue weighted by Crippen LogP contribution is -2.28. The number of benzene rings is 2. The second-order valence-electron chi connectivity index (χ2n) is 5.73. The highest BCUT2D eigenvalue weighted by Crippen LogP contribution is 2.23. The minimum absolute atomic E-state index is 0.198. The van der Waals surface area contributed by atoms with Crippen LogP contribution in [0.3, 0.4) is 0 Å². The van der Waals surface area contributed by atoms with Crippen molar-refractivity contribution in [3.8, 4) is 0 Å². The molecule has 1 heterocycles. The molecular formula is C19H17NO4. The Morgan fingerprint density at radius 3 is 2.12 bits per heavy atom. The third-order valence-electron chi connectivity index (χ3n) is 3.90. The van der Waals surface area contributed by atoms with E-state index in [-0.39, 0.29) is 31.3 Å². The molecule has 24 heavy (non-hydrogen) atoms. The lowest BCUT2D eigenvalue weighted by atomic mass is 10.1. The Labute approximate surface area is 139 Å². The van der Waals surface area contributed by atoms with Gasteiger partial charge in [-0.3, -0.25) is 14.5 Å². The summed E-state index contributed by atoms with van der Waals surface area (Å²) in [6.45, 7) is 2.19. The maximum Gasteiger partial charge on any atom is 0.338 e. The van der Waals surface area contributed by atoms with E-state index in [9.17, 15) is 14.4 Å². The van der Waals surface area contributed by atoms with Crippen LogP contribution in [0.4, 0.5) is 5.69 Å². The molecule has 1 saturated heterocycles. The van der Waals surface area contributed by atoms with Gasteiger partial charge in [0.05, 0.1) is 11.3 Å². The SMILES string of the molecule is Cc1ccc(COC(=O)c2ccc(N3C(=O)CCC3=O)cc2)cc1. The number of aryl methyl sites for hydroxylation is 1. The first kappa shape index (κ1) is 15.9. The Morgan fingerprint density at radius 2 is 1.54 bits per heavy atom. The van der Waals surface area contributed by atoms with Crippen molar-refractivity contribution in [3.05, 3.63) is 65.2 Å². The summed E-state index contributed by atoms with van der Waals surface area (Å²) in [6.07, 6.45) is 0.471. The van der Waals surface area contributed by atoms with Crippen LogP contribution in [-0.2, 0) is 20.9 Å². The molecule has 0 saturated carbocycles. The summed E-state index contributed by atoms with van der Waals surface area (Å²) in [7, 11) is 0. The lowest BCUT2D eigenvalue weighted by molar-refractivity contribution is -0.121. The molecule has 0 N–H and O–H groups in total. The predicted octanol–water partition coefficient (Wildman–Crippen LogP) is 3.01. The first-order valence-electron chi connectivity index (χ1n) is 7.73. The number of carbonyl (C=O) groups is 3. The second kappa shape index (κ2) is 6.66. The van der Waals surface area contributed by atoms with Crippen LogP contribution in [0, 0.1) is 6.92 Å². The molecule has 0 aliphatic carbocycles. The fraction of sp³-hybridized carbons (Fsp3) is 0.211. The Kier molecular flexibility index (Phi) is 4.42. The molecule has 122 valence electrons. The maximum atomic E-state index is 12.1. The largest absolute Gasteiger partial charge is 0.457 e. The summed E-state index contributed by atoms with van der Waals surface area (Å²) in [6, 6.07) is 14.0. The summed E-state index contributed by atoms with van der Waals surface area (Å²) in [5.74, 6) is -0.870. The van der Waals surface area contributed by atoms with Crippen LogP contribution >= 0.6 is 0 Å². The molecule has 0 atom stereocenters. The van der Waals surface area contributed by atoms with Gasteiger partial charge >= 0.3 is 5.97 Å². The molecule has 0 unspecified atom stereocenters. The maximum absolute atomic E-state index is 12.1. The molecular weight excluding hydrogens is 306 g/mol. The first-order chi connectivity index (χ1) is 11.5. The number of ether oxygens (including phenoxy) is 1. The monoisotopic (exact) mass is 323 g/mol. The number of carbonyl (C=O) groups excluding carboxylic acids is 3. The summed E-state index contributed by atoms with van der Waals surface area (Å²) in [5, 5.41) is 0. The van der Waals surface area contributed by atoms with Crippen LogP contribution in [-0.4, -0.2) is 17.8 Å². The number of hydrogen-bond donors (Lipinski definition) is 0. The average Bonchev–Trinajstić information content (AvgIpc) is 2.93. The number of rotatable bonds is 4. The van der Waals surface area contributed by atoms with Crippen LogP contribution < -0.4 is 4.90 Å². The summed E-state index contributed by atoms with van der Waals surface area (Å²) < 4.78 is 5.28. The van der Waals surface area contributed by atoms with E-state index in [2.05, 4.69) is 0 Å². The van der Waals surface area contributed by atoms with Gasteiger partial charge in [0.2, 0.25) is 11.8 Å². The molecule has 3 rings (SSSR count). The Balaban J connectivity index is 1.64. The number of hydrogen-bond acceptors (Lipinski definition) is 4. The van der Waals surface area contributed by atoms with Crippen molar-refractivity contribution < 1.29 is 19.1 Å². The number of anilines is 1. The Hall–Kier alpha value is -2.95. The number of nitrogens with zero attached hydrogens (tertiary/aromatic N) is 1. The van der Waals surface area contributed by atoms with Gasteiger partial charge in [0, 0.05) is 12.8 Å². The number of imide groups is 1. The molecule has 2 aromatic rings. The van der Waals surface area contributed by atoms with Crippen LogP contribution in [0.1, 0.15) is 34.3 Å². The molecule has 5 nitrogen and oxygen atoms in total.